The number of alkyl halides is 9. The molecule has 0 aliphatic heterocycles. The Bertz CT molecular complexity index is 474. The maximum absolute atomic E-state index is 12.8. The molecule has 142 valence electrons. The van der Waals surface area contributed by atoms with Gasteiger partial charge in [0.05, 0.1) is 5.17 Å². The molecule has 1 atom stereocenters. The van der Waals surface area contributed by atoms with Crippen LogP contribution in [0.4, 0.5) is 39.5 Å². The third-order valence-electron chi connectivity index (χ3n) is 1.87. The molecule has 0 aromatic rings. The second kappa shape index (κ2) is 6.93. The largest absolute Gasteiger partial charge is 0.525 e. The normalized spacial score (nSPS) is 15.8. The van der Waals surface area contributed by atoms with Crippen LogP contribution in [0, 0.1) is 10.1 Å². The first-order chi connectivity index (χ1) is 10.5. The minimum absolute atomic E-state index is 0.154. The Morgan fingerprint density at radius 3 is 1.79 bits per heavy atom. The van der Waals surface area contributed by atoms with Gasteiger partial charge in [-0.15, -0.1) is 13.2 Å². The van der Waals surface area contributed by atoms with Crippen LogP contribution < -0.4 is 0 Å². The van der Waals surface area contributed by atoms with Gasteiger partial charge in [0.25, 0.3) is 0 Å². The van der Waals surface area contributed by atoms with E-state index < -0.39 is 47.2 Å². The fraction of sp³-hybridized carbons (Fsp3) is 0.857. The van der Waals surface area contributed by atoms with E-state index in [0.29, 0.717) is 0 Å². The number of nitrogens with zero attached hydrogens (tertiary/aromatic N) is 2. The van der Waals surface area contributed by atoms with Crippen LogP contribution in [0.1, 0.15) is 0 Å². The number of carbonyl (C=O) groups excluding carboxylic acids is 1. The van der Waals surface area contributed by atoms with Gasteiger partial charge >= 0.3 is 30.4 Å². The van der Waals surface area contributed by atoms with Gasteiger partial charge in [-0.3, -0.25) is 4.79 Å². The zero-order chi connectivity index (χ0) is 19.6. The van der Waals surface area contributed by atoms with Gasteiger partial charge in [-0.25, -0.2) is 19.7 Å². The molecular weight excluding hydrogens is 379 g/mol. The lowest BCUT2D eigenvalue weighted by Crippen LogP contribution is -2.63. The van der Waals surface area contributed by atoms with Crippen molar-refractivity contribution in [3.63, 3.8) is 0 Å². The number of rotatable bonds is 6. The Morgan fingerprint density at radius 1 is 1.08 bits per heavy atom. The van der Waals surface area contributed by atoms with E-state index in [1.807, 2.05) is 0 Å². The van der Waals surface area contributed by atoms with Crippen molar-refractivity contribution >= 4 is 5.91 Å². The summed E-state index contributed by atoms with van der Waals surface area (Å²) in [5.41, 5.74) is 0. The van der Waals surface area contributed by atoms with E-state index in [1.54, 1.807) is 0 Å². The van der Waals surface area contributed by atoms with Crippen LogP contribution >= 0.6 is 0 Å². The number of hydrogen-bond acceptors (Lipinski definition) is 6. The zero-order valence-corrected chi connectivity index (χ0v) is 11.0. The molecule has 0 aliphatic rings. The molecule has 0 heterocycles. The third kappa shape index (κ3) is 5.64. The summed E-state index contributed by atoms with van der Waals surface area (Å²) in [7, 11) is -0.154. The van der Waals surface area contributed by atoms with E-state index in [2.05, 4.69) is 14.3 Å². The highest BCUT2D eigenvalue weighted by Gasteiger charge is 2.71. The Morgan fingerprint density at radius 2 is 1.54 bits per heavy atom. The third-order valence-corrected chi connectivity index (χ3v) is 1.87. The van der Waals surface area contributed by atoms with Crippen LogP contribution in [-0.2, 0) is 19.1 Å². The molecule has 0 bridgehead atoms. The van der Waals surface area contributed by atoms with Crippen LogP contribution in [0.2, 0.25) is 0 Å². The first kappa shape index (κ1) is 22.1. The van der Waals surface area contributed by atoms with Crippen molar-refractivity contribution in [1.29, 1.82) is 0 Å². The van der Waals surface area contributed by atoms with E-state index in [0.717, 1.165) is 0 Å². The fourth-order valence-corrected chi connectivity index (χ4v) is 1.07. The number of hydroxylamine groups is 1. The van der Waals surface area contributed by atoms with Crippen molar-refractivity contribution in [3.05, 3.63) is 10.1 Å². The molecule has 17 heteroatoms. The second-order valence-corrected chi connectivity index (χ2v) is 3.57. The molecule has 0 fully saturated rings. The number of hydrazine groups is 1. The highest BCUT2D eigenvalue weighted by molar-refractivity contribution is 5.83. The molecule has 24 heavy (non-hydrogen) atoms. The van der Waals surface area contributed by atoms with Crippen LogP contribution in [0.5, 0.6) is 0 Å². The Labute approximate surface area is 124 Å². The first-order valence-electron chi connectivity index (χ1n) is 5.04. The van der Waals surface area contributed by atoms with Crippen LogP contribution in [0.25, 0.3) is 0 Å². The lowest BCUT2D eigenvalue weighted by molar-refractivity contribution is -0.716. The average Bonchev–Trinajstić information content (AvgIpc) is 2.31. The van der Waals surface area contributed by atoms with E-state index in [1.165, 1.54) is 0 Å². The molecule has 0 radical (unpaired) electrons. The first-order valence-corrected chi connectivity index (χ1v) is 5.04. The number of hydrogen-bond donors (Lipinski definition) is 0. The number of methoxy groups -OCH3 is 1. The van der Waals surface area contributed by atoms with E-state index in [9.17, 15) is 54.4 Å². The van der Waals surface area contributed by atoms with Gasteiger partial charge in [0.2, 0.25) is 0 Å². The minimum atomic E-state index is -6.38. The maximum Gasteiger partial charge on any atom is 0.525 e. The highest BCUT2D eigenvalue weighted by Crippen LogP contribution is 2.40. The summed E-state index contributed by atoms with van der Waals surface area (Å²) in [6.07, 6.45) is -18.0. The van der Waals surface area contributed by atoms with Crippen molar-refractivity contribution in [1.82, 2.24) is 5.17 Å². The Balaban J connectivity index is 5.89. The monoisotopic (exact) mass is 384 g/mol. The summed E-state index contributed by atoms with van der Waals surface area (Å²) in [4.78, 5) is 25.0. The summed E-state index contributed by atoms with van der Waals surface area (Å²) in [6, 6.07) is 0. The van der Waals surface area contributed by atoms with Gasteiger partial charge in [0.1, 0.15) is 0 Å². The molecule has 0 saturated carbocycles. The number of halogens is 9. The van der Waals surface area contributed by atoms with Gasteiger partial charge in [-0.1, -0.05) is 0 Å². The number of carbonyl (C=O) groups is 1. The van der Waals surface area contributed by atoms with Crippen molar-refractivity contribution < 1.29 is 63.7 Å². The average molecular weight is 384 g/mol. The Kier molecular flexibility index (Phi) is 6.39. The smallest absolute Gasteiger partial charge is 0.338 e. The predicted molar refractivity (Wildman–Crippen MR) is 48.8 cm³/mol. The van der Waals surface area contributed by atoms with Crippen LogP contribution in [0.3, 0.4) is 0 Å². The summed E-state index contributed by atoms with van der Waals surface area (Å²) in [6.45, 7) is -2.66. The molecular formula is C7H5F9N2O6. The molecule has 0 N–H and O–H groups in total. The van der Waals surface area contributed by atoms with Crippen molar-refractivity contribution in [3.8, 4) is 0 Å². The maximum atomic E-state index is 12.8. The molecule has 0 saturated heterocycles. The number of amides is 1. The summed E-state index contributed by atoms with van der Waals surface area (Å²) >= 11 is 0. The minimum Gasteiger partial charge on any atom is -0.338 e. The summed E-state index contributed by atoms with van der Waals surface area (Å²) in [5.74, 6) is -8.73. The predicted octanol–water partition coefficient (Wildman–Crippen LogP) is 1.94. The summed E-state index contributed by atoms with van der Waals surface area (Å²) in [5, 5.41) is 6.28. The van der Waals surface area contributed by atoms with Gasteiger partial charge in [0, 0.05) is 7.11 Å². The van der Waals surface area contributed by atoms with Crippen LogP contribution in [-0.4, -0.2) is 54.3 Å². The molecule has 0 spiro atoms. The summed E-state index contributed by atoms with van der Waals surface area (Å²) < 4.78 is 116. The molecule has 8 nitrogen and oxygen atoms in total. The molecule has 0 aliphatic carbocycles. The van der Waals surface area contributed by atoms with Crippen molar-refractivity contribution in [2.24, 2.45) is 0 Å². The van der Waals surface area contributed by atoms with Gasteiger partial charge in [0.15, 0.2) is 11.6 Å². The number of ether oxygens (including phenoxy) is 2. The molecule has 0 rings (SSSR count). The quantitative estimate of drug-likeness (QED) is 0.301. The van der Waals surface area contributed by atoms with Gasteiger partial charge in [-0.05, 0) is 0 Å². The van der Waals surface area contributed by atoms with E-state index in [4.69, 9.17) is 0 Å². The SMILES string of the molecule is COC(OC(F)(F)F)(C(=O)N(OCC(F)(F)F)[N+](=O)[O-])C(F)(F)F. The molecule has 0 aromatic heterocycles. The van der Waals surface area contributed by atoms with Gasteiger partial charge in [-0.2, -0.15) is 26.3 Å². The molecule has 1 unspecified atom stereocenters. The highest BCUT2D eigenvalue weighted by atomic mass is 19.4. The topological polar surface area (TPSA) is 91.1 Å². The lowest BCUT2D eigenvalue weighted by atomic mass is 10.2. The Hall–Kier alpha value is -1.88. The zero-order valence-electron chi connectivity index (χ0n) is 11.0. The number of nitro groups is 1. The lowest BCUT2D eigenvalue weighted by Gasteiger charge is -2.32. The van der Waals surface area contributed by atoms with E-state index in [-0.39, 0.29) is 7.11 Å². The fourth-order valence-electron chi connectivity index (χ4n) is 1.07. The molecule has 0 aromatic carbocycles. The second-order valence-electron chi connectivity index (χ2n) is 3.57. The van der Waals surface area contributed by atoms with E-state index >= 15 is 0 Å². The standard InChI is InChI=1S/C7H5F9N2O6/c1-22-5(6(11,12)13,24-7(14,15)16)3(19)17(18(20)21)23-2-4(8,9)10/h2H2,1H3. The van der Waals surface area contributed by atoms with Crippen molar-refractivity contribution in [2.45, 2.75) is 24.5 Å². The van der Waals surface area contributed by atoms with Crippen LogP contribution in [0.15, 0.2) is 0 Å². The van der Waals surface area contributed by atoms with Crippen molar-refractivity contribution in [2.75, 3.05) is 13.7 Å². The molecule has 1 amide bonds. The van der Waals surface area contributed by atoms with Gasteiger partial charge < -0.3 is 4.74 Å².